The van der Waals surface area contributed by atoms with Crippen molar-refractivity contribution in [1.29, 1.82) is 0 Å². The number of amides is 1. The van der Waals surface area contributed by atoms with Crippen LogP contribution in [0.5, 0.6) is 5.75 Å². The summed E-state index contributed by atoms with van der Waals surface area (Å²) in [5, 5.41) is 7.29. The maximum Gasteiger partial charge on any atom is 0.309 e. The van der Waals surface area contributed by atoms with E-state index in [1.54, 1.807) is 16.8 Å². The van der Waals surface area contributed by atoms with Crippen molar-refractivity contribution in [2.24, 2.45) is 0 Å². The third-order valence-corrected chi connectivity index (χ3v) is 4.52. The maximum atomic E-state index is 12.3. The van der Waals surface area contributed by atoms with Crippen molar-refractivity contribution in [1.82, 2.24) is 9.78 Å². The molecule has 0 aliphatic rings. The summed E-state index contributed by atoms with van der Waals surface area (Å²) in [5.74, 6) is -0.230. The smallest absolute Gasteiger partial charge is 0.309 e. The van der Waals surface area contributed by atoms with Gasteiger partial charge in [-0.25, -0.2) is 4.68 Å². The van der Waals surface area contributed by atoms with Gasteiger partial charge < -0.3 is 14.8 Å². The zero-order valence-electron chi connectivity index (χ0n) is 17.3. The van der Waals surface area contributed by atoms with Gasteiger partial charge in [0, 0.05) is 0 Å². The predicted molar refractivity (Wildman–Crippen MR) is 114 cm³/mol. The zero-order chi connectivity index (χ0) is 21.5. The van der Waals surface area contributed by atoms with Crippen LogP contribution in [0.4, 0.5) is 5.69 Å². The summed E-state index contributed by atoms with van der Waals surface area (Å²) in [4.78, 5) is 24.1. The Labute approximate surface area is 175 Å². The molecule has 1 aromatic heterocycles. The molecule has 0 saturated carbocycles. The SMILES string of the molecule is Cc1ccc(-n2nc(C)c(NC(=O)COC(=O)CCOc3ccccc3)c2C)cc1. The van der Waals surface area contributed by atoms with Crippen LogP contribution in [0.3, 0.4) is 0 Å². The van der Waals surface area contributed by atoms with E-state index in [2.05, 4.69) is 10.4 Å². The minimum Gasteiger partial charge on any atom is -0.493 e. The summed E-state index contributed by atoms with van der Waals surface area (Å²) in [7, 11) is 0. The van der Waals surface area contributed by atoms with E-state index in [4.69, 9.17) is 9.47 Å². The lowest BCUT2D eigenvalue weighted by Gasteiger charge is -2.09. The van der Waals surface area contributed by atoms with Crippen LogP contribution in [0.15, 0.2) is 54.6 Å². The van der Waals surface area contributed by atoms with Crippen LogP contribution in [0, 0.1) is 20.8 Å². The Bertz CT molecular complexity index is 1010. The molecule has 7 heteroatoms. The Morgan fingerprint density at radius 3 is 2.40 bits per heavy atom. The van der Waals surface area contributed by atoms with Gasteiger partial charge in [0.2, 0.25) is 0 Å². The second kappa shape index (κ2) is 9.73. The topological polar surface area (TPSA) is 82.5 Å². The van der Waals surface area contributed by atoms with Gasteiger partial charge in [-0.15, -0.1) is 0 Å². The van der Waals surface area contributed by atoms with E-state index in [9.17, 15) is 9.59 Å². The Hall–Kier alpha value is -3.61. The molecule has 156 valence electrons. The molecule has 0 radical (unpaired) electrons. The van der Waals surface area contributed by atoms with E-state index < -0.39 is 11.9 Å². The van der Waals surface area contributed by atoms with E-state index in [0.29, 0.717) is 17.1 Å². The van der Waals surface area contributed by atoms with E-state index in [1.165, 1.54) is 0 Å². The average molecular weight is 407 g/mol. The lowest BCUT2D eigenvalue weighted by atomic mass is 10.2. The summed E-state index contributed by atoms with van der Waals surface area (Å²) >= 11 is 0. The fourth-order valence-corrected chi connectivity index (χ4v) is 2.92. The number of anilines is 1. The van der Waals surface area contributed by atoms with Gasteiger partial charge >= 0.3 is 5.97 Å². The van der Waals surface area contributed by atoms with Crippen LogP contribution in [0.2, 0.25) is 0 Å². The molecule has 3 aromatic rings. The maximum absolute atomic E-state index is 12.3. The number of benzene rings is 2. The highest BCUT2D eigenvalue weighted by molar-refractivity contribution is 5.93. The van der Waals surface area contributed by atoms with Gasteiger partial charge in [-0.3, -0.25) is 9.59 Å². The van der Waals surface area contributed by atoms with Crippen LogP contribution in [-0.4, -0.2) is 34.9 Å². The molecule has 0 unspecified atom stereocenters. The normalized spacial score (nSPS) is 10.5. The van der Waals surface area contributed by atoms with Gasteiger partial charge in [0.05, 0.1) is 35.8 Å². The monoisotopic (exact) mass is 407 g/mol. The molecule has 0 spiro atoms. The van der Waals surface area contributed by atoms with E-state index >= 15 is 0 Å². The van der Waals surface area contributed by atoms with E-state index in [1.807, 2.05) is 63.2 Å². The highest BCUT2D eigenvalue weighted by Gasteiger charge is 2.16. The molecule has 0 atom stereocenters. The quantitative estimate of drug-likeness (QED) is 0.575. The fraction of sp³-hybridized carbons (Fsp3) is 0.261. The van der Waals surface area contributed by atoms with Crippen molar-refractivity contribution in [2.75, 3.05) is 18.5 Å². The first-order valence-electron chi connectivity index (χ1n) is 9.70. The third-order valence-electron chi connectivity index (χ3n) is 4.52. The number of aryl methyl sites for hydroxylation is 2. The van der Waals surface area contributed by atoms with Crippen molar-refractivity contribution in [2.45, 2.75) is 27.2 Å². The van der Waals surface area contributed by atoms with Gasteiger partial charge in [0.15, 0.2) is 6.61 Å². The number of ether oxygens (including phenoxy) is 2. The minimum absolute atomic E-state index is 0.0611. The number of carbonyl (C=O) groups is 2. The zero-order valence-corrected chi connectivity index (χ0v) is 17.3. The lowest BCUT2D eigenvalue weighted by molar-refractivity contribution is -0.147. The Morgan fingerprint density at radius 2 is 1.70 bits per heavy atom. The molecular formula is C23H25N3O4. The van der Waals surface area contributed by atoms with Crippen molar-refractivity contribution < 1.29 is 19.1 Å². The Balaban J connectivity index is 1.50. The van der Waals surface area contributed by atoms with Crippen molar-refractivity contribution in [3.05, 3.63) is 71.5 Å². The number of hydrogen-bond acceptors (Lipinski definition) is 5. The molecular weight excluding hydrogens is 382 g/mol. The van der Waals surface area contributed by atoms with Gasteiger partial charge in [-0.1, -0.05) is 35.9 Å². The van der Waals surface area contributed by atoms with Gasteiger partial charge in [0.25, 0.3) is 5.91 Å². The first kappa shape index (κ1) is 21.1. The number of carbonyl (C=O) groups excluding carboxylic acids is 2. The highest BCUT2D eigenvalue weighted by Crippen LogP contribution is 2.23. The summed E-state index contributed by atoms with van der Waals surface area (Å²) in [6.07, 6.45) is 0.0611. The second-order valence-corrected chi connectivity index (χ2v) is 6.91. The number of esters is 1. The molecule has 0 saturated heterocycles. The van der Waals surface area contributed by atoms with Gasteiger partial charge in [-0.05, 0) is 45.0 Å². The molecule has 1 heterocycles. The predicted octanol–water partition coefficient (Wildman–Crippen LogP) is 3.75. The molecule has 30 heavy (non-hydrogen) atoms. The molecule has 0 fully saturated rings. The van der Waals surface area contributed by atoms with E-state index in [-0.39, 0.29) is 19.6 Å². The summed E-state index contributed by atoms with van der Waals surface area (Å²) in [6, 6.07) is 17.1. The number of aromatic nitrogens is 2. The van der Waals surface area contributed by atoms with Crippen molar-refractivity contribution in [3.8, 4) is 11.4 Å². The van der Waals surface area contributed by atoms with Crippen LogP contribution >= 0.6 is 0 Å². The second-order valence-electron chi connectivity index (χ2n) is 6.91. The van der Waals surface area contributed by atoms with E-state index in [0.717, 1.165) is 16.9 Å². The van der Waals surface area contributed by atoms with Crippen LogP contribution in [0.1, 0.15) is 23.4 Å². The minimum atomic E-state index is -0.495. The first-order valence-corrected chi connectivity index (χ1v) is 9.70. The summed E-state index contributed by atoms with van der Waals surface area (Å²) in [5.41, 5.74) is 4.16. The fourth-order valence-electron chi connectivity index (χ4n) is 2.92. The molecule has 3 rings (SSSR count). The number of nitrogens with zero attached hydrogens (tertiary/aromatic N) is 2. The van der Waals surface area contributed by atoms with Crippen molar-refractivity contribution >= 4 is 17.6 Å². The number of rotatable bonds is 8. The molecule has 2 aromatic carbocycles. The lowest BCUT2D eigenvalue weighted by Crippen LogP contribution is -2.22. The van der Waals surface area contributed by atoms with Crippen molar-refractivity contribution in [3.63, 3.8) is 0 Å². The van der Waals surface area contributed by atoms with Crippen LogP contribution in [0.25, 0.3) is 5.69 Å². The third kappa shape index (κ3) is 5.47. The molecule has 0 aliphatic carbocycles. The number of nitrogens with one attached hydrogen (secondary N) is 1. The van der Waals surface area contributed by atoms with Crippen LogP contribution < -0.4 is 10.1 Å². The molecule has 7 nitrogen and oxygen atoms in total. The Morgan fingerprint density at radius 1 is 1.00 bits per heavy atom. The number of para-hydroxylation sites is 1. The van der Waals surface area contributed by atoms with Gasteiger partial charge in [-0.2, -0.15) is 5.10 Å². The molecule has 0 aliphatic heterocycles. The van der Waals surface area contributed by atoms with Gasteiger partial charge in [0.1, 0.15) is 5.75 Å². The summed E-state index contributed by atoms with van der Waals surface area (Å²) in [6.45, 7) is 5.54. The first-order chi connectivity index (χ1) is 14.4. The average Bonchev–Trinajstić information content (AvgIpc) is 3.02. The molecule has 0 bridgehead atoms. The van der Waals surface area contributed by atoms with Crippen LogP contribution in [-0.2, 0) is 14.3 Å². The largest absolute Gasteiger partial charge is 0.493 e. The standard InChI is InChI=1S/C23H25N3O4/c1-16-9-11-19(12-10-16)26-18(3)23(17(2)25-26)24-21(27)15-30-22(28)13-14-29-20-7-5-4-6-8-20/h4-12H,13-15H2,1-3H3,(H,24,27). The molecule has 1 amide bonds. The molecule has 1 N–H and O–H groups in total. The number of hydrogen-bond donors (Lipinski definition) is 1. The summed E-state index contributed by atoms with van der Waals surface area (Å²) < 4.78 is 12.3. The Kier molecular flexibility index (Phi) is 6.85. The highest BCUT2D eigenvalue weighted by atomic mass is 16.5.